The molecule has 0 atom stereocenters. The number of para-hydroxylation sites is 1. The third-order valence-corrected chi connectivity index (χ3v) is 4.74. The van der Waals surface area contributed by atoms with Gasteiger partial charge in [0.05, 0.1) is 28.8 Å². The molecule has 0 fully saturated rings. The van der Waals surface area contributed by atoms with Gasteiger partial charge in [-0.1, -0.05) is 53.7 Å². The first-order valence-corrected chi connectivity index (χ1v) is 9.49. The van der Waals surface area contributed by atoms with Crippen LogP contribution in [0.3, 0.4) is 0 Å². The van der Waals surface area contributed by atoms with Gasteiger partial charge in [0.25, 0.3) is 0 Å². The van der Waals surface area contributed by atoms with Crippen molar-refractivity contribution in [3.8, 4) is 0 Å². The van der Waals surface area contributed by atoms with Crippen LogP contribution < -0.4 is 5.32 Å². The molecule has 0 spiro atoms. The van der Waals surface area contributed by atoms with Gasteiger partial charge in [-0.2, -0.15) is 0 Å². The number of hydrogen-bond donors (Lipinski definition) is 1. The summed E-state index contributed by atoms with van der Waals surface area (Å²) in [5.74, 6) is 0.772. The van der Waals surface area contributed by atoms with Crippen molar-refractivity contribution in [1.82, 2.24) is 15.0 Å². The van der Waals surface area contributed by atoms with Crippen molar-refractivity contribution >= 4 is 22.4 Å². The Hall–Kier alpha value is -2.49. The van der Waals surface area contributed by atoms with E-state index >= 15 is 0 Å². The van der Waals surface area contributed by atoms with Gasteiger partial charge in [0.15, 0.2) is 5.82 Å². The van der Waals surface area contributed by atoms with Gasteiger partial charge < -0.3 is 5.32 Å². The zero-order chi connectivity index (χ0) is 20.0. The summed E-state index contributed by atoms with van der Waals surface area (Å²) in [7, 11) is 0. The molecule has 0 aliphatic heterocycles. The number of nitrogens with zero attached hydrogens (tertiary/aromatic N) is 3. The second-order valence-electron chi connectivity index (χ2n) is 9.33. The van der Waals surface area contributed by atoms with Crippen molar-refractivity contribution in [1.29, 1.82) is 0 Å². The number of benzene rings is 1. The minimum absolute atomic E-state index is 0.0269. The van der Waals surface area contributed by atoms with Crippen molar-refractivity contribution in [3.63, 3.8) is 0 Å². The van der Waals surface area contributed by atoms with E-state index in [1.54, 1.807) is 6.20 Å². The highest BCUT2D eigenvalue weighted by atomic mass is 15.0. The zero-order valence-corrected chi connectivity index (χ0v) is 17.7. The lowest BCUT2D eigenvalue weighted by Gasteiger charge is -2.26. The lowest BCUT2D eigenvalue weighted by Crippen LogP contribution is -2.19. The van der Waals surface area contributed by atoms with Crippen LogP contribution in [-0.2, 0) is 10.8 Å². The number of aryl methyl sites for hydroxylation is 2. The van der Waals surface area contributed by atoms with Gasteiger partial charge in [0.1, 0.15) is 0 Å². The summed E-state index contributed by atoms with van der Waals surface area (Å²) in [6.07, 6.45) is 1.79. The molecule has 0 aliphatic rings. The molecule has 1 N–H and O–H groups in total. The molecule has 27 heavy (non-hydrogen) atoms. The summed E-state index contributed by atoms with van der Waals surface area (Å²) in [5.41, 5.74) is 6.16. The highest BCUT2D eigenvalue weighted by molar-refractivity contribution is 5.94. The minimum atomic E-state index is -0.0269. The van der Waals surface area contributed by atoms with Crippen LogP contribution in [0.5, 0.6) is 0 Å². The summed E-state index contributed by atoms with van der Waals surface area (Å²) >= 11 is 0. The third kappa shape index (κ3) is 3.95. The Bertz CT molecular complexity index is 992. The molecule has 0 saturated heterocycles. The fraction of sp³-hybridized carbons (Fsp3) is 0.435. The molecule has 0 radical (unpaired) electrons. The number of pyridine rings is 1. The van der Waals surface area contributed by atoms with Crippen LogP contribution in [0.2, 0.25) is 0 Å². The van der Waals surface area contributed by atoms with Crippen LogP contribution >= 0.6 is 0 Å². The quantitative estimate of drug-likeness (QED) is 0.609. The molecule has 3 aromatic rings. The molecule has 1 aromatic carbocycles. The van der Waals surface area contributed by atoms with E-state index in [9.17, 15) is 0 Å². The summed E-state index contributed by atoms with van der Waals surface area (Å²) in [5, 5.41) is 4.64. The number of anilines is 2. The Morgan fingerprint density at radius 2 is 1.59 bits per heavy atom. The van der Waals surface area contributed by atoms with Gasteiger partial charge in [-0.25, -0.2) is 4.98 Å². The van der Waals surface area contributed by atoms with Gasteiger partial charge in [0.2, 0.25) is 0 Å². The van der Waals surface area contributed by atoms with E-state index in [0.717, 1.165) is 34.1 Å². The van der Waals surface area contributed by atoms with Crippen molar-refractivity contribution in [2.24, 2.45) is 0 Å². The maximum absolute atomic E-state index is 5.05. The third-order valence-electron chi connectivity index (χ3n) is 4.74. The van der Waals surface area contributed by atoms with E-state index in [4.69, 9.17) is 4.98 Å². The highest BCUT2D eigenvalue weighted by Gasteiger charge is 2.24. The molecule has 0 amide bonds. The van der Waals surface area contributed by atoms with Crippen LogP contribution in [0.1, 0.15) is 64.2 Å². The second-order valence-corrected chi connectivity index (χ2v) is 9.33. The standard InChI is InChI=1S/C23H30N4/c1-14-13-24-21(15(2)25-14)26-18-11-9-10-16-17(22(3,4)5)12-19(23(6,7)8)27-20(16)18/h9-13H,1-8H3,(H,24,26). The minimum Gasteiger partial charge on any atom is -0.337 e. The molecule has 2 aromatic heterocycles. The Morgan fingerprint density at radius 1 is 0.889 bits per heavy atom. The molecule has 0 unspecified atom stereocenters. The Labute approximate surface area is 162 Å². The molecule has 0 saturated carbocycles. The molecule has 0 aliphatic carbocycles. The van der Waals surface area contributed by atoms with Crippen molar-refractivity contribution in [3.05, 3.63) is 53.1 Å². The van der Waals surface area contributed by atoms with Crippen molar-refractivity contribution in [2.75, 3.05) is 5.32 Å². The molecule has 4 nitrogen and oxygen atoms in total. The first-order valence-electron chi connectivity index (χ1n) is 9.49. The van der Waals surface area contributed by atoms with E-state index in [1.165, 1.54) is 10.9 Å². The topological polar surface area (TPSA) is 50.7 Å². The fourth-order valence-electron chi connectivity index (χ4n) is 3.20. The predicted molar refractivity (Wildman–Crippen MR) is 114 cm³/mol. The lowest BCUT2D eigenvalue weighted by molar-refractivity contribution is 0.558. The number of aromatic nitrogens is 3. The summed E-state index contributed by atoms with van der Waals surface area (Å²) in [6.45, 7) is 17.3. The Morgan fingerprint density at radius 3 is 2.19 bits per heavy atom. The molecular formula is C23H30N4. The van der Waals surface area contributed by atoms with E-state index in [-0.39, 0.29) is 10.8 Å². The van der Waals surface area contributed by atoms with Crippen LogP contribution in [0, 0.1) is 13.8 Å². The molecular weight excluding hydrogens is 332 g/mol. The van der Waals surface area contributed by atoms with Gasteiger partial charge in [-0.15, -0.1) is 0 Å². The summed E-state index contributed by atoms with van der Waals surface area (Å²) < 4.78 is 0. The average Bonchev–Trinajstić information content (AvgIpc) is 2.55. The van der Waals surface area contributed by atoms with E-state index in [0.29, 0.717) is 0 Å². The molecule has 0 bridgehead atoms. The summed E-state index contributed by atoms with van der Waals surface area (Å²) in [6, 6.07) is 8.57. The molecule has 3 rings (SSSR count). The lowest BCUT2D eigenvalue weighted by atomic mass is 9.81. The SMILES string of the molecule is Cc1cnc(Nc2cccc3c(C(C)(C)C)cc(C(C)(C)C)nc23)c(C)n1. The maximum atomic E-state index is 5.05. The van der Waals surface area contributed by atoms with Crippen LogP contribution in [0.25, 0.3) is 10.9 Å². The van der Waals surface area contributed by atoms with E-state index in [2.05, 4.69) is 81.1 Å². The van der Waals surface area contributed by atoms with Gasteiger partial charge >= 0.3 is 0 Å². The number of rotatable bonds is 2. The monoisotopic (exact) mass is 362 g/mol. The number of hydrogen-bond acceptors (Lipinski definition) is 4. The fourth-order valence-corrected chi connectivity index (χ4v) is 3.20. The number of fused-ring (bicyclic) bond motifs is 1. The van der Waals surface area contributed by atoms with Crippen molar-refractivity contribution < 1.29 is 0 Å². The second kappa shape index (κ2) is 6.59. The first-order chi connectivity index (χ1) is 12.5. The highest BCUT2D eigenvalue weighted by Crippen LogP contribution is 2.36. The zero-order valence-electron chi connectivity index (χ0n) is 17.7. The Balaban J connectivity index is 2.25. The van der Waals surface area contributed by atoms with E-state index < -0.39 is 0 Å². The molecule has 142 valence electrons. The average molecular weight is 363 g/mol. The van der Waals surface area contributed by atoms with E-state index in [1.807, 2.05) is 13.8 Å². The Kier molecular flexibility index (Phi) is 4.71. The number of nitrogens with one attached hydrogen (secondary N) is 1. The van der Waals surface area contributed by atoms with Crippen LogP contribution in [-0.4, -0.2) is 15.0 Å². The largest absolute Gasteiger partial charge is 0.337 e. The van der Waals surface area contributed by atoms with Gasteiger partial charge in [-0.3, -0.25) is 9.97 Å². The van der Waals surface area contributed by atoms with Gasteiger partial charge in [0, 0.05) is 16.5 Å². The normalized spacial score (nSPS) is 12.4. The first kappa shape index (κ1) is 19.3. The molecule has 2 heterocycles. The van der Waals surface area contributed by atoms with Crippen LogP contribution in [0.15, 0.2) is 30.5 Å². The van der Waals surface area contributed by atoms with Gasteiger partial charge in [-0.05, 0) is 37.0 Å². The maximum Gasteiger partial charge on any atom is 0.151 e. The molecule has 4 heteroatoms. The van der Waals surface area contributed by atoms with Crippen molar-refractivity contribution in [2.45, 2.75) is 66.2 Å². The smallest absolute Gasteiger partial charge is 0.151 e. The summed E-state index contributed by atoms with van der Waals surface area (Å²) in [4.78, 5) is 14.1. The predicted octanol–water partition coefficient (Wildman–Crippen LogP) is 5.98. The van der Waals surface area contributed by atoms with Crippen LogP contribution in [0.4, 0.5) is 11.5 Å².